The number of aryl methyl sites for hydroxylation is 1. The zero-order valence-corrected chi connectivity index (χ0v) is 30.8. The minimum Gasteiger partial charge on any atom is -0.510 e. The number of pyridine rings is 1. The number of imidazole rings is 1. The van der Waals surface area contributed by atoms with E-state index in [1.165, 1.54) is 0 Å². The molecule has 54 heavy (non-hydrogen) atoms. The maximum atomic E-state index is 10.6. The van der Waals surface area contributed by atoms with E-state index >= 15 is 0 Å². The van der Waals surface area contributed by atoms with Crippen molar-refractivity contribution in [2.24, 2.45) is 7.05 Å². The largest absolute Gasteiger partial charge is 0.510 e. The summed E-state index contributed by atoms with van der Waals surface area (Å²) in [5, 5.41) is 23.4. The first kappa shape index (κ1) is 31.9. The summed E-state index contributed by atoms with van der Waals surface area (Å²) in [6, 6.07) is 52.2. The summed E-state index contributed by atoms with van der Waals surface area (Å²) in [5.41, 5.74) is 10.2. The van der Waals surface area contributed by atoms with Crippen LogP contribution in [0.2, 0.25) is 0 Å². The molecule has 1 aliphatic carbocycles. The Balaban J connectivity index is 0.00000361. The van der Waals surface area contributed by atoms with Gasteiger partial charge < -0.3 is 18.4 Å². The molecule has 0 saturated carbocycles. The van der Waals surface area contributed by atoms with Crippen LogP contribution in [0.5, 0.6) is 11.5 Å². The van der Waals surface area contributed by atoms with Crippen LogP contribution in [-0.2, 0) is 33.5 Å². The molecule has 0 unspecified atom stereocenters. The third-order valence-corrected chi connectivity index (χ3v) is 10.8. The minimum absolute atomic E-state index is 0. The van der Waals surface area contributed by atoms with Gasteiger partial charge in [0.1, 0.15) is 5.82 Å². The molecule has 256 valence electrons. The van der Waals surface area contributed by atoms with Crippen LogP contribution in [0.25, 0.3) is 55.5 Å². The van der Waals surface area contributed by atoms with Crippen molar-refractivity contribution in [1.29, 1.82) is 10.5 Å². The number of hydrogen-bond donors (Lipinski definition) is 0. The van der Waals surface area contributed by atoms with Gasteiger partial charge in [0, 0.05) is 49.7 Å². The molecule has 0 fully saturated rings. The molecule has 6 aromatic carbocycles. The van der Waals surface area contributed by atoms with Gasteiger partial charge in [0.05, 0.1) is 41.3 Å². The Morgan fingerprint density at radius 1 is 0.704 bits per heavy atom. The Hall–Kier alpha value is -6.79. The number of nitrogens with zero attached hydrogens (tertiary/aromatic N) is 6. The molecular weight excluding hydrogens is 848 g/mol. The third-order valence-electron chi connectivity index (χ3n) is 10.8. The van der Waals surface area contributed by atoms with E-state index in [-0.39, 0.29) is 21.1 Å². The monoisotopic (exact) mass is 871 g/mol. The Labute approximate surface area is 324 Å². The molecule has 0 saturated heterocycles. The average molecular weight is 872 g/mol. The molecule has 11 rings (SSSR count). The van der Waals surface area contributed by atoms with Crippen molar-refractivity contribution >= 4 is 32.8 Å². The smallest absolute Gasteiger partial charge is 0.242 e. The van der Waals surface area contributed by atoms with Crippen molar-refractivity contribution in [2.75, 3.05) is 0 Å². The number of hydrogen-bond acceptors (Lipinski definition) is 4. The fourth-order valence-electron chi connectivity index (χ4n) is 8.89. The van der Waals surface area contributed by atoms with Crippen LogP contribution in [0.15, 0.2) is 128 Å². The Morgan fingerprint density at radius 2 is 1.41 bits per heavy atom. The maximum absolute atomic E-state index is 10.6. The van der Waals surface area contributed by atoms with Crippen molar-refractivity contribution in [3.8, 4) is 46.3 Å². The summed E-state index contributed by atoms with van der Waals surface area (Å²) >= 11 is 0. The molecule has 1 aliphatic heterocycles. The molecule has 4 heterocycles. The van der Waals surface area contributed by atoms with Crippen LogP contribution in [0, 0.1) is 41.1 Å². The van der Waals surface area contributed by atoms with Crippen molar-refractivity contribution in [2.45, 2.75) is 5.41 Å². The van der Waals surface area contributed by atoms with Gasteiger partial charge in [0.15, 0.2) is 0 Å². The van der Waals surface area contributed by atoms with Crippen molar-refractivity contribution in [3.63, 3.8) is 0 Å². The molecule has 1 spiro atoms. The summed E-state index contributed by atoms with van der Waals surface area (Å²) in [6.07, 6.45) is 5.31. The van der Waals surface area contributed by atoms with Gasteiger partial charge in [-0.15, -0.1) is 35.2 Å². The quantitative estimate of drug-likeness (QED) is 0.132. The van der Waals surface area contributed by atoms with Gasteiger partial charge in [-0.2, -0.15) is 22.7 Å². The molecule has 0 radical (unpaired) electrons. The molecule has 8 heteroatoms. The SMILES string of the molecule is C[n+]1[c-]n2c3c(cccc31)C1(c3ccc(Oc4[c-]c5c(cc4)c4ccccc4n5-c4ccccn4)[c-]c3-2)c2c(C#N)cccc2-c2cccc(C#N)c21.[Pt]. The summed E-state index contributed by atoms with van der Waals surface area (Å²) in [5.74, 6) is 1.82. The van der Waals surface area contributed by atoms with Gasteiger partial charge in [-0.1, -0.05) is 77.9 Å². The van der Waals surface area contributed by atoms with Crippen LogP contribution in [-0.4, -0.2) is 14.1 Å². The number of nitriles is 2. The third kappa shape index (κ3) is 4.02. The van der Waals surface area contributed by atoms with Crippen molar-refractivity contribution in [3.05, 3.63) is 179 Å². The Bertz CT molecular complexity index is 3080. The van der Waals surface area contributed by atoms with Gasteiger partial charge in [-0.25, -0.2) is 4.98 Å². The minimum atomic E-state index is -0.975. The second-order valence-electron chi connectivity index (χ2n) is 13.4. The van der Waals surface area contributed by atoms with E-state index in [9.17, 15) is 10.5 Å². The van der Waals surface area contributed by atoms with E-state index in [4.69, 9.17) is 4.74 Å². The molecule has 0 N–H and O–H groups in total. The molecule has 2 aliphatic rings. The van der Waals surface area contributed by atoms with Crippen LogP contribution in [0.1, 0.15) is 33.4 Å². The van der Waals surface area contributed by atoms with E-state index in [2.05, 4.69) is 88.7 Å². The summed E-state index contributed by atoms with van der Waals surface area (Å²) in [6.45, 7) is 0. The average Bonchev–Trinajstić information content (AvgIpc) is 3.83. The number of para-hydroxylation sites is 2. The molecule has 7 nitrogen and oxygen atoms in total. The molecule has 0 atom stereocenters. The second kappa shape index (κ2) is 11.6. The van der Waals surface area contributed by atoms with Gasteiger partial charge in [0.2, 0.25) is 6.33 Å². The number of ether oxygens (including phenoxy) is 1. The van der Waals surface area contributed by atoms with Gasteiger partial charge in [-0.05, 0) is 63.5 Å². The van der Waals surface area contributed by atoms with Crippen LogP contribution in [0.4, 0.5) is 0 Å². The molecule has 3 aromatic heterocycles. The standard InChI is InChI=1S/C46H24N6O.Pt/c1-50-27-51-41-24-31(53-30-18-20-33-32-11-2-3-15-38(32)52(40(33)23-30)42-17-4-5-22-49-42)19-21-36(41)46(37-14-8-16-39(50)45(37)51)43-28(25-47)9-6-12-34(43)35-13-7-10-29(26-48)44(35)46;/h2-22H,1H3;/q-2;. The van der Waals surface area contributed by atoms with E-state index in [0.717, 1.165) is 77.7 Å². The van der Waals surface area contributed by atoms with Crippen LogP contribution in [0.3, 0.4) is 0 Å². The van der Waals surface area contributed by atoms with E-state index in [0.29, 0.717) is 22.6 Å². The fraction of sp³-hybridized carbons (Fsp3) is 0.0435. The van der Waals surface area contributed by atoms with Gasteiger partial charge >= 0.3 is 0 Å². The maximum Gasteiger partial charge on any atom is 0.242 e. The first-order valence-corrected chi connectivity index (χ1v) is 17.2. The Morgan fingerprint density at radius 3 is 2.15 bits per heavy atom. The Kier molecular flexibility index (Phi) is 6.86. The van der Waals surface area contributed by atoms with E-state index in [1.54, 1.807) is 6.20 Å². The topological polar surface area (TPSA) is 83.4 Å². The number of benzene rings is 6. The zero-order chi connectivity index (χ0) is 35.4. The molecule has 9 aromatic rings. The van der Waals surface area contributed by atoms with Crippen LogP contribution < -0.4 is 9.30 Å². The zero-order valence-electron chi connectivity index (χ0n) is 28.5. The predicted molar refractivity (Wildman–Crippen MR) is 200 cm³/mol. The van der Waals surface area contributed by atoms with Gasteiger partial charge in [0.25, 0.3) is 0 Å². The molecular formula is C46H24N6OPt-2. The molecule has 0 amide bonds. The first-order chi connectivity index (χ1) is 26.1. The summed E-state index contributed by atoms with van der Waals surface area (Å²) in [7, 11) is 1.98. The van der Waals surface area contributed by atoms with Crippen molar-refractivity contribution in [1.82, 2.24) is 14.1 Å². The summed E-state index contributed by atoms with van der Waals surface area (Å²) < 4.78 is 12.7. The number of aromatic nitrogens is 4. The normalized spacial score (nSPS) is 12.9. The molecule has 0 bridgehead atoms. The first-order valence-electron chi connectivity index (χ1n) is 17.2. The number of fused-ring (bicyclic) bond motifs is 12. The van der Waals surface area contributed by atoms with E-state index in [1.807, 2.05) is 89.0 Å². The number of rotatable bonds is 3. The predicted octanol–water partition coefficient (Wildman–Crippen LogP) is 8.56. The summed E-state index contributed by atoms with van der Waals surface area (Å²) in [4.78, 5) is 4.66. The van der Waals surface area contributed by atoms with Gasteiger partial charge in [-0.3, -0.25) is 0 Å². The fourth-order valence-corrected chi connectivity index (χ4v) is 8.89. The second-order valence-corrected chi connectivity index (χ2v) is 13.4. The van der Waals surface area contributed by atoms with Crippen LogP contribution >= 0.6 is 0 Å². The van der Waals surface area contributed by atoms with E-state index < -0.39 is 5.41 Å². The van der Waals surface area contributed by atoms with Crippen molar-refractivity contribution < 1.29 is 30.4 Å².